The maximum absolute atomic E-state index is 12.2. The number of carbonyl (C=O) groups is 2. The second-order valence-corrected chi connectivity index (χ2v) is 8.89. The Morgan fingerprint density at radius 1 is 1.00 bits per heavy atom. The summed E-state index contributed by atoms with van der Waals surface area (Å²) in [6.07, 6.45) is 3.23. The number of ether oxygens (including phenoxy) is 2. The number of carboxylic acids is 1. The van der Waals surface area contributed by atoms with Gasteiger partial charge in [0, 0.05) is 6.54 Å². The molecule has 178 valence electrons. The van der Waals surface area contributed by atoms with Crippen LogP contribution >= 0.6 is 0 Å². The van der Waals surface area contributed by atoms with Crippen LogP contribution in [0.15, 0.2) is 54.6 Å². The Kier molecular flexibility index (Phi) is 9.76. The summed E-state index contributed by atoms with van der Waals surface area (Å²) in [4.78, 5) is 25.3. The lowest BCUT2D eigenvalue weighted by molar-refractivity contribution is -0.154. The number of likely N-dealkylation sites (tertiary alicyclic amines) is 1. The van der Waals surface area contributed by atoms with Crippen molar-refractivity contribution < 1.29 is 24.2 Å². The zero-order valence-corrected chi connectivity index (χ0v) is 19.4. The van der Waals surface area contributed by atoms with E-state index in [-0.39, 0.29) is 19.4 Å². The van der Waals surface area contributed by atoms with E-state index in [1.54, 1.807) is 0 Å². The van der Waals surface area contributed by atoms with E-state index in [1.807, 2.05) is 36.4 Å². The monoisotopic (exact) mass is 453 g/mol. The highest BCUT2D eigenvalue weighted by Gasteiger charge is 2.23. The highest BCUT2D eigenvalue weighted by atomic mass is 16.6. The third-order valence-corrected chi connectivity index (χ3v) is 6.10. The summed E-state index contributed by atoms with van der Waals surface area (Å²) in [6, 6.07) is 18.3. The predicted molar refractivity (Wildman–Crippen MR) is 127 cm³/mol. The number of hydrogen-bond donors (Lipinski definition) is 1. The van der Waals surface area contributed by atoms with Crippen LogP contribution in [0.1, 0.15) is 43.7 Å². The average Bonchev–Trinajstić information content (AvgIpc) is 2.82. The molecule has 1 saturated heterocycles. The Labute approximate surface area is 196 Å². The minimum absolute atomic E-state index is 0.128. The van der Waals surface area contributed by atoms with Gasteiger partial charge in [-0.2, -0.15) is 0 Å². The number of aliphatic carboxylic acids is 1. The highest BCUT2D eigenvalue weighted by molar-refractivity contribution is 5.76. The van der Waals surface area contributed by atoms with Crippen molar-refractivity contribution in [2.75, 3.05) is 26.2 Å². The molecule has 0 bridgehead atoms. The Balaban J connectivity index is 1.60. The summed E-state index contributed by atoms with van der Waals surface area (Å²) in [5.74, 6) is 0.0173. The van der Waals surface area contributed by atoms with E-state index in [9.17, 15) is 9.59 Å². The Morgan fingerprint density at radius 2 is 1.70 bits per heavy atom. The van der Waals surface area contributed by atoms with Crippen LogP contribution in [-0.2, 0) is 27.2 Å². The van der Waals surface area contributed by atoms with Gasteiger partial charge in [0.2, 0.25) is 0 Å². The highest BCUT2D eigenvalue weighted by Crippen LogP contribution is 2.22. The summed E-state index contributed by atoms with van der Waals surface area (Å²) in [7, 11) is 0. The first-order valence-electron chi connectivity index (χ1n) is 11.9. The number of rotatable bonds is 12. The van der Waals surface area contributed by atoms with E-state index in [4.69, 9.17) is 14.6 Å². The first kappa shape index (κ1) is 24.8. The number of para-hydroxylation sites is 1. The molecule has 0 radical (unpaired) electrons. The third-order valence-electron chi connectivity index (χ3n) is 6.10. The van der Waals surface area contributed by atoms with E-state index in [1.165, 1.54) is 5.56 Å². The van der Waals surface area contributed by atoms with Gasteiger partial charge >= 0.3 is 11.9 Å². The Bertz CT molecular complexity index is 877. The smallest absolute Gasteiger partial charge is 0.306 e. The van der Waals surface area contributed by atoms with Crippen LogP contribution in [0.5, 0.6) is 5.75 Å². The predicted octanol–water partition coefficient (Wildman–Crippen LogP) is 4.36. The zero-order chi connectivity index (χ0) is 23.5. The Hall–Kier alpha value is -2.86. The molecule has 33 heavy (non-hydrogen) atoms. The SMILES string of the molecule is CC1CCN(CC(COc2ccccc2CCc2ccccc2)OC(=O)CCC(=O)O)CC1. The van der Waals surface area contributed by atoms with Crippen molar-refractivity contribution >= 4 is 11.9 Å². The van der Waals surface area contributed by atoms with E-state index in [0.29, 0.717) is 12.5 Å². The summed E-state index contributed by atoms with van der Waals surface area (Å²) < 4.78 is 11.8. The quantitative estimate of drug-likeness (QED) is 0.481. The van der Waals surface area contributed by atoms with Crippen molar-refractivity contribution in [3.63, 3.8) is 0 Å². The van der Waals surface area contributed by atoms with Crippen molar-refractivity contribution in [1.29, 1.82) is 0 Å². The van der Waals surface area contributed by atoms with Crippen LogP contribution in [0.3, 0.4) is 0 Å². The van der Waals surface area contributed by atoms with Gasteiger partial charge in [-0.15, -0.1) is 0 Å². The van der Waals surface area contributed by atoms with E-state index < -0.39 is 18.0 Å². The summed E-state index contributed by atoms with van der Waals surface area (Å²) in [5.41, 5.74) is 2.39. The molecule has 3 rings (SSSR count). The molecule has 2 aromatic carbocycles. The van der Waals surface area contributed by atoms with E-state index in [2.05, 4.69) is 30.0 Å². The van der Waals surface area contributed by atoms with Gasteiger partial charge in [0.25, 0.3) is 0 Å². The molecular formula is C27H35NO5. The maximum Gasteiger partial charge on any atom is 0.306 e. The van der Waals surface area contributed by atoms with Gasteiger partial charge < -0.3 is 14.6 Å². The third kappa shape index (κ3) is 8.89. The molecule has 6 nitrogen and oxygen atoms in total. The van der Waals surface area contributed by atoms with Crippen molar-refractivity contribution in [1.82, 2.24) is 4.90 Å². The summed E-state index contributed by atoms with van der Waals surface area (Å²) in [5, 5.41) is 8.86. The van der Waals surface area contributed by atoms with Crippen LogP contribution in [0.25, 0.3) is 0 Å². The summed E-state index contributed by atoms with van der Waals surface area (Å²) >= 11 is 0. The molecule has 0 amide bonds. The molecule has 1 atom stereocenters. The van der Waals surface area contributed by atoms with Gasteiger partial charge in [-0.25, -0.2) is 0 Å². The molecule has 0 spiro atoms. The molecule has 1 N–H and O–H groups in total. The van der Waals surface area contributed by atoms with Gasteiger partial charge in [-0.05, 0) is 61.9 Å². The fraction of sp³-hybridized carbons (Fsp3) is 0.481. The average molecular weight is 454 g/mol. The minimum Gasteiger partial charge on any atom is -0.489 e. The number of piperidine rings is 1. The van der Waals surface area contributed by atoms with Crippen molar-refractivity contribution in [2.45, 2.75) is 51.6 Å². The Morgan fingerprint density at radius 3 is 2.42 bits per heavy atom. The molecule has 1 unspecified atom stereocenters. The first-order valence-corrected chi connectivity index (χ1v) is 11.9. The normalized spacial score (nSPS) is 15.7. The number of aryl methyl sites for hydroxylation is 2. The van der Waals surface area contributed by atoms with Gasteiger partial charge in [0.05, 0.1) is 12.8 Å². The van der Waals surface area contributed by atoms with Crippen LogP contribution in [0, 0.1) is 5.92 Å². The van der Waals surface area contributed by atoms with Gasteiger partial charge in [0.15, 0.2) is 0 Å². The number of nitrogens with zero attached hydrogens (tertiary/aromatic N) is 1. The van der Waals surface area contributed by atoms with Crippen LogP contribution in [0.4, 0.5) is 0 Å². The van der Waals surface area contributed by atoms with Crippen molar-refractivity contribution in [2.24, 2.45) is 5.92 Å². The lowest BCUT2D eigenvalue weighted by Crippen LogP contribution is -2.42. The number of esters is 1. The number of hydrogen-bond acceptors (Lipinski definition) is 5. The standard InChI is InChI=1S/C27H35NO5/c1-21-15-17-28(18-16-21)19-24(33-27(31)14-13-26(29)30)20-32-25-10-6-5-9-23(25)12-11-22-7-3-2-4-8-22/h2-10,21,24H,11-20H2,1H3,(H,29,30). The molecule has 1 heterocycles. The number of carboxylic acid groups (broad SMARTS) is 1. The van der Waals surface area contributed by atoms with Gasteiger partial charge in [-0.1, -0.05) is 55.5 Å². The lowest BCUT2D eigenvalue weighted by atomic mass is 9.99. The molecule has 0 saturated carbocycles. The number of carbonyl (C=O) groups excluding carboxylic acids is 1. The number of benzene rings is 2. The van der Waals surface area contributed by atoms with E-state index >= 15 is 0 Å². The van der Waals surface area contributed by atoms with E-state index in [0.717, 1.165) is 50.1 Å². The van der Waals surface area contributed by atoms with Gasteiger partial charge in [0.1, 0.15) is 18.5 Å². The fourth-order valence-corrected chi connectivity index (χ4v) is 4.07. The van der Waals surface area contributed by atoms with Crippen LogP contribution in [-0.4, -0.2) is 54.3 Å². The topological polar surface area (TPSA) is 76.1 Å². The fourth-order valence-electron chi connectivity index (χ4n) is 4.07. The van der Waals surface area contributed by atoms with Crippen LogP contribution in [0.2, 0.25) is 0 Å². The molecule has 0 aliphatic carbocycles. The molecule has 1 aliphatic heterocycles. The van der Waals surface area contributed by atoms with Crippen molar-refractivity contribution in [3.05, 3.63) is 65.7 Å². The second-order valence-electron chi connectivity index (χ2n) is 8.89. The molecule has 6 heteroatoms. The maximum atomic E-state index is 12.2. The molecule has 2 aromatic rings. The van der Waals surface area contributed by atoms with Crippen LogP contribution < -0.4 is 4.74 Å². The first-order chi connectivity index (χ1) is 16.0. The largest absolute Gasteiger partial charge is 0.489 e. The molecule has 1 aliphatic rings. The zero-order valence-electron chi connectivity index (χ0n) is 19.4. The molecule has 0 aromatic heterocycles. The molecular weight excluding hydrogens is 418 g/mol. The lowest BCUT2D eigenvalue weighted by Gasteiger charge is -2.32. The van der Waals surface area contributed by atoms with Crippen molar-refractivity contribution in [3.8, 4) is 5.75 Å². The molecule has 1 fully saturated rings. The minimum atomic E-state index is -1.00. The van der Waals surface area contributed by atoms with Gasteiger partial charge in [-0.3, -0.25) is 14.5 Å². The summed E-state index contributed by atoms with van der Waals surface area (Å²) in [6.45, 7) is 5.04. The second kappa shape index (κ2) is 13.0.